The summed E-state index contributed by atoms with van der Waals surface area (Å²) in [5.41, 5.74) is 0. The van der Waals surface area contributed by atoms with E-state index in [1.165, 1.54) is 0 Å². The van der Waals surface area contributed by atoms with Crippen molar-refractivity contribution >= 4 is 10.1 Å². The zero-order valence-corrected chi connectivity index (χ0v) is 7.73. The zero-order chi connectivity index (χ0) is 8.74. The van der Waals surface area contributed by atoms with E-state index >= 15 is 0 Å². The highest BCUT2D eigenvalue weighted by atomic mass is 32.2. The highest BCUT2D eigenvalue weighted by Crippen LogP contribution is 1.94. The van der Waals surface area contributed by atoms with E-state index in [2.05, 4.69) is 4.18 Å². The van der Waals surface area contributed by atoms with Crippen molar-refractivity contribution < 1.29 is 12.6 Å². The number of hydrogen-bond acceptors (Lipinski definition) is 3. The molecule has 0 aliphatic rings. The van der Waals surface area contributed by atoms with E-state index in [9.17, 15) is 8.42 Å². The molecule has 0 heterocycles. The van der Waals surface area contributed by atoms with E-state index in [-0.39, 0.29) is 12.4 Å². The van der Waals surface area contributed by atoms with Gasteiger partial charge in [0.05, 0.1) is 12.4 Å². The largest absolute Gasteiger partial charge is 0.270 e. The summed E-state index contributed by atoms with van der Waals surface area (Å²) in [7, 11) is -3.29. The Morgan fingerprint density at radius 3 is 2.55 bits per heavy atom. The maximum absolute atomic E-state index is 10.9. The third-order valence-corrected chi connectivity index (χ3v) is 2.13. The lowest BCUT2D eigenvalue weighted by atomic mass is 10.5. The molecular weight excluding hydrogens is 164 g/mol. The predicted octanol–water partition coefficient (Wildman–Crippen LogP) is 1.32. The van der Waals surface area contributed by atoms with Crippen molar-refractivity contribution in [3.8, 4) is 0 Å². The molecule has 0 rings (SSSR count). The fraction of sp³-hybridized carbons (Fsp3) is 0.714. The average Bonchev–Trinajstić information content (AvgIpc) is 1.97. The Kier molecular flexibility index (Phi) is 5.15. The van der Waals surface area contributed by atoms with Gasteiger partial charge in [-0.15, -0.1) is 0 Å². The van der Waals surface area contributed by atoms with Crippen molar-refractivity contribution in [3.63, 3.8) is 0 Å². The van der Waals surface area contributed by atoms with Gasteiger partial charge < -0.3 is 0 Å². The monoisotopic (exact) mass is 178 g/mol. The highest BCUT2D eigenvalue weighted by Gasteiger charge is 2.06. The molecule has 0 bridgehead atoms. The summed E-state index contributed by atoms with van der Waals surface area (Å²) < 4.78 is 26.4. The second-order valence-electron chi connectivity index (χ2n) is 2.12. The van der Waals surface area contributed by atoms with Crippen LogP contribution >= 0.6 is 0 Å². The molecule has 0 aliphatic heterocycles. The first kappa shape index (κ1) is 10.7. The van der Waals surface area contributed by atoms with E-state index in [1.807, 2.05) is 6.92 Å². The number of allylic oxidation sites excluding steroid dienone is 1. The Balaban J connectivity index is 3.82. The minimum atomic E-state index is -3.29. The van der Waals surface area contributed by atoms with Gasteiger partial charge in [0.2, 0.25) is 0 Å². The Morgan fingerprint density at radius 1 is 1.45 bits per heavy atom. The molecule has 0 spiro atoms. The van der Waals surface area contributed by atoms with Crippen LogP contribution in [0.4, 0.5) is 0 Å². The lowest BCUT2D eigenvalue weighted by Crippen LogP contribution is -2.09. The lowest BCUT2D eigenvalue weighted by Gasteiger charge is -1.99. The van der Waals surface area contributed by atoms with Gasteiger partial charge in [-0.25, -0.2) is 0 Å². The van der Waals surface area contributed by atoms with E-state index in [0.717, 1.165) is 6.42 Å². The van der Waals surface area contributed by atoms with Gasteiger partial charge in [0.15, 0.2) is 0 Å². The molecule has 11 heavy (non-hydrogen) atoms. The van der Waals surface area contributed by atoms with Crippen molar-refractivity contribution in [1.82, 2.24) is 0 Å². The SMILES string of the molecule is CC=CCS(=O)(=O)OCCC. The van der Waals surface area contributed by atoms with Crippen LogP contribution in [0.2, 0.25) is 0 Å². The molecule has 0 saturated carbocycles. The van der Waals surface area contributed by atoms with Crippen molar-refractivity contribution in [3.05, 3.63) is 12.2 Å². The molecule has 0 aromatic carbocycles. The minimum absolute atomic E-state index is 0.0243. The van der Waals surface area contributed by atoms with Gasteiger partial charge in [-0.1, -0.05) is 19.1 Å². The standard InChI is InChI=1S/C7H14O3S/c1-3-5-7-11(8,9)10-6-4-2/h3,5H,4,6-7H2,1-2H3. The zero-order valence-electron chi connectivity index (χ0n) is 6.91. The van der Waals surface area contributed by atoms with Crippen LogP contribution in [0.25, 0.3) is 0 Å². The van der Waals surface area contributed by atoms with Crippen molar-refractivity contribution in [2.75, 3.05) is 12.4 Å². The fourth-order valence-corrected chi connectivity index (χ4v) is 1.42. The summed E-state index contributed by atoms with van der Waals surface area (Å²) in [6.07, 6.45) is 3.97. The van der Waals surface area contributed by atoms with Crippen LogP contribution in [0.3, 0.4) is 0 Å². The van der Waals surface area contributed by atoms with E-state index in [1.54, 1.807) is 19.1 Å². The molecule has 0 N–H and O–H groups in total. The molecule has 0 radical (unpaired) electrons. The van der Waals surface area contributed by atoms with E-state index < -0.39 is 10.1 Å². The first-order valence-corrected chi connectivity index (χ1v) is 5.18. The quantitative estimate of drug-likeness (QED) is 0.471. The van der Waals surface area contributed by atoms with Gasteiger partial charge in [0, 0.05) is 0 Å². The predicted molar refractivity (Wildman–Crippen MR) is 44.8 cm³/mol. The summed E-state index contributed by atoms with van der Waals surface area (Å²) in [5, 5.41) is 0. The molecule has 66 valence electrons. The highest BCUT2D eigenvalue weighted by molar-refractivity contribution is 7.86. The summed E-state index contributed by atoms with van der Waals surface area (Å²) in [6, 6.07) is 0. The van der Waals surface area contributed by atoms with Crippen molar-refractivity contribution in [2.24, 2.45) is 0 Å². The molecule has 0 aromatic heterocycles. The maximum atomic E-state index is 10.9. The first-order chi connectivity index (χ1) is 5.12. The van der Waals surface area contributed by atoms with Gasteiger partial charge in [0.1, 0.15) is 0 Å². The first-order valence-electron chi connectivity index (χ1n) is 3.60. The average molecular weight is 178 g/mol. The summed E-state index contributed by atoms with van der Waals surface area (Å²) >= 11 is 0. The van der Waals surface area contributed by atoms with Crippen LogP contribution in [0.15, 0.2) is 12.2 Å². The smallest absolute Gasteiger partial charge is 0.270 e. The van der Waals surface area contributed by atoms with Gasteiger partial charge in [-0.2, -0.15) is 8.42 Å². The summed E-state index contributed by atoms with van der Waals surface area (Å²) in [4.78, 5) is 0. The molecular formula is C7H14O3S. The minimum Gasteiger partial charge on any atom is -0.270 e. The van der Waals surface area contributed by atoms with Crippen LogP contribution in [-0.2, 0) is 14.3 Å². The van der Waals surface area contributed by atoms with Gasteiger partial charge in [0.25, 0.3) is 10.1 Å². The van der Waals surface area contributed by atoms with Crippen LogP contribution in [0.5, 0.6) is 0 Å². The Hall–Kier alpha value is -0.350. The molecule has 3 nitrogen and oxygen atoms in total. The van der Waals surface area contributed by atoms with Crippen molar-refractivity contribution in [2.45, 2.75) is 20.3 Å². The molecule has 0 amide bonds. The maximum Gasteiger partial charge on any atom is 0.270 e. The molecule has 0 saturated heterocycles. The Bertz CT molecular complexity index is 204. The second-order valence-corrected chi connectivity index (χ2v) is 3.80. The van der Waals surface area contributed by atoms with Gasteiger partial charge in [-0.05, 0) is 13.3 Å². The van der Waals surface area contributed by atoms with Crippen molar-refractivity contribution in [1.29, 1.82) is 0 Å². The van der Waals surface area contributed by atoms with Crippen LogP contribution in [0, 0.1) is 0 Å². The molecule has 0 atom stereocenters. The third-order valence-electron chi connectivity index (χ3n) is 1.00. The Labute approximate surface area is 68.2 Å². The number of rotatable bonds is 5. The number of hydrogen-bond donors (Lipinski definition) is 0. The Morgan fingerprint density at radius 2 is 2.09 bits per heavy atom. The molecule has 4 heteroatoms. The van der Waals surface area contributed by atoms with Gasteiger partial charge in [-0.3, -0.25) is 4.18 Å². The normalized spacial score (nSPS) is 12.5. The summed E-state index contributed by atoms with van der Waals surface area (Å²) in [5.74, 6) is -0.0243. The van der Waals surface area contributed by atoms with E-state index in [4.69, 9.17) is 0 Å². The second kappa shape index (κ2) is 5.32. The third kappa shape index (κ3) is 6.06. The van der Waals surface area contributed by atoms with Gasteiger partial charge >= 0.3 is 0 Å². The molecule has 0 aromatic rings. The fourth-order valence-electron chi connectivity index (χ4n) is 0.472. The summed E-state index contributed by atoms with van der Waals surface area (Å²) in [6.45, 7) is 3.92. The molecule has 0 aliphatic carbocycles. The van der Waals surface area contributed by atoms with Crippen LogP contribution in [-0.4, -0.2) is 20.8 Å². The molecule has 0 fully saturated rings. The van der Waals surface area contributed by atoms with Crippen LogP contribution < -0.4 is 0 Å². The lowest BCUT2D eigenvalue weighted by molar-refractivity contribution is 0.320. The topological polar surface area (TPSA) is 43.4 Å². The molecule has 0 unspecified atom stereocenters. The van der Waals surface area contributed by atoms with Crippen LogP contribution in [0.1, 0.15) is 20.3 Å². The van der Waals surface area contributed by atoms with E-state index in [0.29, 0.717) is 0 Å².